The number of halogens is 1. The number of piperazine rings is 1. The molecule has 6 heteroatoms. The van der Waals surface area contributed by atoms with Gasteiger partial charge in [0, 0.05) is 42.6 Å². The Labute approximate surface area is 170 Å². The minimum Gasteiger partial charge on any atom is -0.368 e. The van der Waals surface area contributed by atoms with E-state index >= 15 is 0 Å². The molecule has 1 heterocycles. The van der Waals surface area contributed by atoms with Crippen molar-refractivity contribution in [3.05, 3.63) is 59.1 Å². The SMILES string of the molecule is Cc1cccc(NC(=O)C2(C(=O)N3CCN(c4cccc(Cl)c4)CC3)CC2)c1. The summed E-state index contributed by atoms with van der Waals surface area (Å²) < 4.78 is 0. The number of rotatable bonds is 4. The summed E-state index contributed by atoms with van der Waals surface area (Å²) in [5, 5.41) is 3.64. The standard InChI is InChI=1S/C22H24ClN3O2/c1-16-4-2-6-18(14-16)24-20(27)22(8-9-22)21(28)26-12-10-25(11-13-26)19-7-3-5-17(23)15-19/h2-7,14-15H,8-13H2,1H3,(H,24,27). The van der Waals surface area contributed by atoms with Crippen LogP contribution in [0.25, 0.3) is 0 Å². The molecule has 146 valence electrons. The van der Waals surface area contributed by atoms with Gasteiger partial charge in [-0.05, 0) is 55.7 Å². The zero-order chi connectivity index (χ0) is 19.7. The number of carbonyl (C=O) groups excluding carboxylic acids is 2. The molecule has 1 aliphatic heterocycles. The van der Waals surface area contributed by atoms with Gasteiger partial charge in [0.2, 0.25) is 11.8 Å². The van der Waals surface area contributed by atoms with Crippen molar-refractivity contribution < 1.29 is 9.59 Å². The second-order valence-corrected chi connectivity index (χ2v) is 8.10. The van der Waals surface area contributed by atoms with E-state index < -0.39 is 5.41 Å². The van der Waals surface area contributed by atoms with Crippen LogP contribution in [0.15, 0.2) is 48.5 Å². The maximum atomic E-state index is 13.1. The van der Waals surface area contributed by atoms with Crippen molar-refractivity contribution in [1.29, 1.82) is 0 Å². The first-order valence-corrected chi connectivity index (χ1v) is 10.0. The van der Waals surface area contributed by atoms with Crippen LogP contribution in [-0.4, -0.2) is 42.9 Å². The molecule has 0 aromatic heterocycles. The second kappa shape index (κ2) is 7.47. The Morgan fingerprint density at radius 2 is 1.71 bits per heavy atom. The third-order valence-electron chi connectivity index (χ3n) is 5.61. The second-order valence-electron chi connectivity index (χ2n) is 7.66. The average Bonchev–Trinajstić information content (AvgIpc) is 3.50. The Hall–Kier alpha value is -2.53. The summed E-state index contributed by atoms with van der Waals surface area (Å²) in [5.74, 6) is -0.219. The van der Waals surface area contributed by atoms with E-state index in [9.17, 15) is 9.59 Å². The lowest BCUT2D eigenvalue weighted by molar-refractivity contribution is -0.142. The smallest absolute Gasteiger partial charge is 0.240 e. The van der Waals surface area contributed by atoms with Crippen molar-refractivity contribution in [2.45, 2.75) is 19.8 Å². The zero-order valence-electron chi connectivity index (χ0n) is 16.0. The summed E-state index contributed by atoms with van der Waals surface area (Å²) in [6.07, 6.45) is 1.25. The molecule has 2 aliphatic rings. The third-order valence-corrected chi connectivity index (χ3v) is 5.85. The number of amides is 2. The number of carbonyl (C=O) groups is 2. The summed E-state index contributed by atoms with van der Waals surface area (Å²) in [4.78, 5) is 30.0. The predicted octanol–water partition coefficient (Wildman–Crippen LogP) is 3.72. The van der Waals surface area contributed by atoms with Crippen LogP contribution in [0.2, 0.25) is 5.02 Å². The molecule has 1 saturated carbocycles. The molecule has 1 saturated heterocycles. The van der Waals surface area contributed by atoms with Crippen LogP contribution >= 0.6 is 11.6 Å². The maximum Gasteiger partial charge on any atom is 0.240 e. The van der Waals surface area contributed by atoms with Crippen LogP contribution in [-0.2, 0) is 9.59 Å². The normalized spacial score (nSPS) is 17.9. The van der Waals surface area contributed by atoms with Crippen LogP contribution in [0, 0.1) is 12.3 Å². The van der Waals surface area contributed by atoms with Crippen molar-refractivity contribution in [2.75, 3.05) is 36.4 Å². The summed E-state index contributed by atoms with van der Waals surface area (Å²) in [5.41, 5.74) is 2.00. The van der Waals surface area contributed by atoms with Gasteiger partial charge in [-0.15, -0.1) is 0 Å². The van der Waals surface area contributed by atoms with Gasteiger partial charge in [-0.25, -0.2) is 0 Å². The maximum absolute atomic E-state index is 13.1. The number of nitrogens with one attached hydrogen (secondary N) is 1. The minimum absolute atomic E-state index is 0.0385. The van der Waals surface area contributed by atoms with E-state index in [2.05, 4.69) is 10.2 Å². The number of aryl methyl sites for hydroxylation is 1. The Bertz CT molecular complexity index is 902. The van der Waals surface area contributed by atoms with Crippen LogP contribution in [0.5, 0.6) is 0 Å². The van der Waals surface area contributed by atoms with Crippen molar-refractivity contribution >= 4 is 34.8 Å². The van der Waals surface area contributed by atoms with E-state index in [1.807, 2.05) is 60.4 Å². The Morgan fingerprint density at radius 3 is 2.36 bits per heavy atom. The highest BCUT2D eigenvalue weighted by Crippen LogP contribution is 2.48. The van der Waals surface area contributed by atoms with Crippen molar-refractivity contribution in [2.24, 2.45) is 5.41 Å². The Kier molecular flexibility index (Phi) is 5.02. The molecule has 0 radical (unpaired) electrons. The lowest BCUT2D eigenvalue weighted by Gasteiger charge is -2.37. The average molecular weight is 398 g/mol. The van der Waals surface area contributed by atoms with E-state index in [0.29, 0.717) is 31.0 Å². The molecule has 1 aliphatic carbocycles. The van der Waals surface area contributed by atoms with Gasteiger partial charge in [0.15, 0.2) is 0 Å². The highest BCUT2D eigenvalue weighted by Gasteiger charge is 2.58. The summed E-state index contributed by atoms with van der Waals surface area (Å²) in [6, 6.07) is 15.4. The highest BCUT2D eigenvalue weighted by molar-refractivity contribution is 6.30. The van der Waals surface area contributed by atoms with Gasteiger partial charge >= 0.3 is 0 Å². The fourth-order valence-corrected chi connectivity index (χ4v) is 3.96. The number of hydrogen-bond donors (Lipinski definition) is 1. The predicted molar refractivity (Wildman–Crippen MR) is 112 cm³/mol. The molecule has 5 nitrogen and oxygen atoms in total. The van der Waals surface area contributed by atoms with E-state index in [0.717, 1.165) is 30.0 Å². The van der Waals surface area contributed by atoms with Crippen molar-refractivity contribution in [1.82, 2.24) is 4.90 Å². The Balaban J connectivity index is 1.38. The number of hydrogen-bond acceptors (Lipinski definition) is 3. The summed E-state index contributed by atoms with van der Waals surface area (Å²) in [7, 11) is 0. The topological polar surface area (TPSA) is 52.7 Å². The molecule has 0 unspecified atom stereocenters. The Morgan fingerprint density at radius 1 is 1.00 bits per heavy atom. The molecular formula is C22H24ClN3O2. The molecule has 1 N–H and O–H groups in total. The number of nitrogens with zero attached hydrogens (tertiary/aromatic N) is 2. The number of benzene rings is 2. The van der Waals surface area contributed by atoms with Gasteiger partial charge in [-0.1, -0.05) is 29.8 Å². The first kappa shape index (κ1) is 18.8. The molecule has 2 amide bonds. The van der Waals surface area contributed by atoms with Gasteiger partial charge < -0.3 is 15.1 Å². The van der Waals surface area contributed by atoms with E-state index in [1.165, 1.54) is 0 Å². The first-order valence-electron chi connectivity index (χ1n) is 9.66. The quantitative estimate of drug-likeness (QED) is 0.800. The molecule has 2 aromatic rings. The molecule has 0 bridgehead atoms. The lowest BCUT2D eigenvalue weighted by atomic mass is 10.0. The highest BCUT2D eigenvalue weighted by atomic mass is 35.5. The molecule has 2 fully saturated rings. The monoisotopic (exact) mass is 397 g/mol. The fourth-order valence-electron chi connectivity index (χ4n) is 3.78. The van der Waals surface area contributed by atoms with E-state index in [1.54, 1.807) is 0 Å². The molecule has 28 heavy (non-hydrogen) atoms. The van der Waals surface area contributed by atoms with Crippen molar-refractivity contribution in [3.63, 3.8) is 0 Å². The van der Waals surface area contributed by atoms with Gasteiger partial charge in [0.05, 0.1) is 0 Å². The third kappa shape index (κ3) is 3.72. The summed E-state index contributed by atoms with van der Waals surface area (Å²) in [6.45, 7) is 4.69. The van der Waals surface area contributed by atoms with Crippen LogP contribution in [0.3, 0.4) is 0 Å². The minimum atomic E-state index is -0.887. The largest absolute Gasteiger partial charge is 0.368 e. The van der Waals surface area contributed by atoms with E-state index in [-0.39, 0.29) is 11.8 Å². The van der Waals surface area contributed by atoms with Crippen LogP contribution in [0.4, 0.5) is 11.4 Å². The van der Waals surface area contributed by atoms with Crippen molar-refractivity contribution in [3.8, 4) is 0 Å². The van der Waals surface area contributed by atoms with Gasteiger partial charge in [-0.2, -0.15) is 0 Å². The summed E-state index contributed by atoms with van der Waals surface area (Å²) >= 11 is 6.09. The number of anilines is 2. The molecule has 0 spiro atoms. The van der Waals surface area contributed by atoms with Crippen LogP contribution < -0.4 is 10.2 Å². The van der Waals surface area contributed by atoms with Crippen LogP contribution in [0.1, 0.15) is 18.4 Å². The van der Waals surface area contributed by atoms with Gasteiger partial charge in [0.1, 0.15) is 5.41 Å². The molecule has 4 rings (SSSR count). The van der Waals surface area contributed by atoms with E-state index in [4.69, 9.17) is 11.6 Å². The zero-order valence-corrected chi connectivity index (χ0v) is 16.7. The molecule has 2 aromatic carbocycles. The molecule has 0 atom stereocenters. The molecular weight excluding hydrogens is 374 g/mol. The first-order chi connectivity index (χ1) is 13.5. The lowest BCUT2D eigenvalue weighted by Crippen LogP contribution is -2.52. The fraction of sp³-hybridized carbons (Fsp3) is 0.364. The van der Waals surface area contributed by atoms with Gasteiger partial charge in [-0.3, -0.25) is 9.59 Å². The van der Waals surface area contributed by atoms with Gasteiger partial charge in [0.25, 0.3) is 0 Å².